The van der Waals surface area contributed by atoms with E-state index in [1.165, 1.54) is 6.08 Å². The summed E-state index contributed by atoms with van der Waals surface area (Å²) in [4.78, 5) is 24.6. The first-order valence-corrected chi connectivity index (χ1v) is 6.54. The zero-order chi connectivity index (χ0) is 14.3. The van der Waals surface area contributed by atoms with Crippen molar-refractivity contribution in [1.82, 2.24) is 10.2 Å². The molecule has 108 valence electrons. The van der Waals surface area contributed by atoms with Crippen LogP contribution in [0.4, 0.5) is 0 Å². The maximum absolute atomic E-state index is 12.0. The van der Waals surface area contributed by atoms with Gasteiger partial charge in [0.15, 0.2) is 0 Å². The van der Waals surface area contributed by atoms with E-state index in [4.69, 9.17) is 9.84 Å². The molecular formula is C13H22N2O4. The number of nitrogens with zero attached hydrogens (tertiary/aromatic N) is 1. The minimum absolute atomic E-state index is 0.0512. The quantitative estimate of drug-likeness (QED) is 0.676. The first kappa shape index (κ1) is 15.7. The van der Waals surface area contributed by atoms with E-state index in [-0.39, 0.29) is 11.9 Å². The Labute approximate surface area is 113 Å². The highest BCUT2D eigenvalue weighted by Crippen LogP contribution is 2.10. The fraction of sp³-hybridized carbons (Fsp3) is 0.692. The molecule has 2 N–H and O–H groups in total. The third-order valence-electron chi connectivity index (χ3n) is 2.91. The van der Waals surface area contributed by atoms with Crippen molar-refractivity contribution in [3.05, 3.63) is 11.6 Å². The summed E-state index contributed by atoms with van der Waals surface area (Å²) in [5, 5.41) is 11.6. The van der Waals surface area contributed by atoms with Crippen LogP contribution in [-0.2, 0) is 14.3 Å². The standard InChI is InChI=1S/C13H22N2O4/c1-3-4-14-13(18)11-9-19-6-5-15(11)8-10(2)7-12(16)17/h7,11H,3-6,8-9H2,1-2H3,(H,14,18)(H,16,17). The minimum Gasteiger partial charge on any atom is -0.478 e. The summed E-state index contributed by atoms with van der Waals surface area (Å²) in [5.41, 5.74) is 0.725. The maximum Gasteiger partial charge on any atom is 0.328 e. The zero-order valence-corrected chi connectivity index (χ0v) is 11.5. The van der Waals surface area contributed by atoms with Crippen LogP contribution in [0.2, 0.25) is 0 Å². The molecule has 1 aliphatic heterocycles. The Bertz CT molecular complexity index is 355. The van der Waals surface area contributed by atoms with E-state index in [0.717, 1.165) is 12.0 Å². The van der Waals surface area contributed by atoms with Crippen molar-refractivity contribution in [3.63, 3.8) is 0 Å². The molecule has 0 spiro atoms. The topological polar surface area (TPSA) is 78.9 Å². The Kier molecular flexibility index (Phi) is 6.52. The molecule has 0 aliphatic carbocycles. The van der Waals surface area contributed by atoms with Gasteiger partial charge in [-0.05, 0) is 13.3 Å². The number of carbonyl (C=O) groups excluding carboxylic acids is 1. The van der Waals surface area contributed by atoms with Gasteiger partial charge in [0.2, 0.25) is 5.91 Å². The molecule has 6 heteroatoms. The lowest BCUT2D eigenvalue weighted by molar-refractivity contribution is -0.132. The number of hydrogen-bond donors (Lipinski definition) is 2. The van der Waals surface area contributed by atoms with Crippen molar-refractivity contribution >= 4 is 11.9 Å². The van der Waals surface area contributed by atoms with Gasteiger partial charge in [-0.2, -0.15) is 0 Å². The van der Waals surface area contributed by atoms with E-state index in [0.29, 0.717) is 32.8 Å². The number of morpholine rings is 1. The number of carboxylic acid groups (broad SMARTS) is 1. The fourth-order valence-corrected chi connectivity index (χ4v) is 2.01. The average Bonchev–Trinajstić information content (AvgIpc) is 2.35. The van der Waals surface area contributed by atoms with Crippen molar-refractivity contribution in [2.24, 2.45) is 0 Å². The average molecular weight is 270 g/mol. The van der Waals surface area contributed by atoms with E-state index in [9.17, 15) is 9.59 Å². The molecule has 1 fully saturated rings. The molecule has 1 aliphatic rings. The number of aliphatic carboxylic acids is 1. The number of carbonyl (C=O) groups is 2. The molecular weight excluding hydrogens is 248 g/mol. The third kappa shape index (κ3) is 5.40. The molecule has 0 aromatic heterocycles. The first-order chi connectivity index (χ1) is 9.04. The third-order valence-corrected chi connectivity index (χ3v) is 2.91. The Hall–Kier alpha value is -1.40. The van der Waals surface area contributed by atoms with Crippen molar-refractivity contribution in [3.8, 4) is 0 Å². The highest BCUT2D eigenvalue weighted by molar-refractivity contribution is 5.82. The molecule has 0 aromatic carbocycles. The molecule has 19 heavy (non-hydrogen) atoms. The molecule has 0 saturated carbocycles. The Morgan fingerprint density at radius 1 is 1.53 bits per heavy atom. The van der Waals surface area contributed by atoms with Crippen LogP contribution in [0.1, 0.15) is 20.3 Å². The fourth-order valence-electron chi connectivity index (χ4n) is 2.01. The molecule has 6 nitrogen and oxygen atoms in total. The lowest BCUT2D eigenvalue weighted by atomic mass is 10.1. The smallest absolute Gasteiger partial charge is 0.328 e. The second kappa shape index (κ2) is 7.91. The number of hydrogen-bond acceptors (Lipinski definition) is 4. The minimum atomic E-state index is -0.960. The van der Waals surface area contributed by atoms with Crippen LogP contribution in [0.15, 0.2) is 11.6 Å². The lowest BCUT2D eigenvalue weighted by Crippen LogP contribution is -2.54. The highest BCUT2D eigenvalue weighted by Gasteiger charge is 2.29. The Balaban J connectivity index is 2.62. The SMILES string of the molecule is CCCNC(=O)C1COCCN1CC(C)=CC(=O)O. The van der Waals surface area contributed by atoms with Crippen LogP contribution in [0.3, 0.4) is 0 Å². The van der Waals surface area contributed by atoms with Crippen molar-refractivity contribution < 1.29 is 19.4 Å². The van der Waals surface area contributed by atoms with Crippen LogP contribution in [0.5, 0.6) is 0 Å². The molecule has 1 amide bonds. The van der Waals surface area contributed by atoms with Gasteiger partial charge in [-0.1, -0.05) is 12.5 Å². The van der Waals surface area contributed by atoms with Gasteiger partial charge in [0.05, 0.1) is 13.2 Å². The highest BCUT2D eigenvalue weighted by atomic mass is 16.5. The van der Waals surface area contributed by atoms with E-state index in [1.807, 2.05) is 11.8 Å². The van der Waals surface area contributed by atoms with Crippen LogP contribution in [0.25, 0.3) is 0 Å². The Morgan fingerprint density at radius 3 is 2.89 bits per heavy atom. The monoisotopic (exact) mass is 270 g/mol. The Morgan fingerprint density at radius 2 is 2.26 bits per heavy atom. The molecule has 0 radical (unpaired) electrons. The largest absolute Gasteiger partial charge is 0.478 e. The van der Waals surface area contributed by atoms with Gasteiger partial charge in [-0.25, -0.2) is 4.79 Å². The summed E-state index contributed by atoms with van der Waals surface area (Å²) in [7, 11) is 0. The second-order valence-electron chi connectivity index (χ2n) is 4.68. The van der Waals surface area contributed by atoms with Gasteiger partial charge in [0.1, 0.15) is 6.04 Å². The van der Waals surface area contributed by atoms with Crippen LogP contribution in [0, 0.1) is 0 Å². The summed E-state index contributed by atoms with van der Waals surface area (Å²) < 4.78 is 5.34. The number of rotatable bonds is 6. The van der Waals surface area contributed by atoms with Gasteiger partial charge >= 0.3 is 5.97 Å². The number of carboxylic acids is 1. The molecule has 1 heterocycles. The molecule has 1 saturated heterocycles. The number of ether oxygens (including phenoxy) is 1. The zero-order valence-electron chi connectivity index (χ0n) is 11.5. The summed E-state index contributed by atoms with van der Waals surface area (Å²) in [6.45, 7) is 6.43. The van der Waals surface area contributed by atoms with Gasteiger partial charge in [-0.3, -0.25) is 9.69 Å². The summed E-state index contributed by atoms with van der Waals surface area (Å²) in [6.07, 6.45) is 2.06. The van der Waals surface area contributed by atoms with E-state index >= 15 is 0 Å². The molecule has 1 unspecified atom stereocenters. The van der Waals surface area contributed by atoms with E-state index in [1.54, 1.807) is 6.92 Å². The number of amides is 1. The summed E-state index contributed by atoms with van der Waals surface area (Å²) in [5.74, 6) is -1.01. The summed E-state index contributed by atoms with van der Waals surface area (Å²) >= 11 is 0. The van der Waals surface area contributed by atoms with Gasteiger partial charge in [-0.15, -0.1) is 0 Å². The lowest BCUT2D eigenvalue weighted by Gasteiger charge is -2.34. The maximum atomic E-state index is 12.0. The predicted octanol–water partition coefficient (Wildman–Crippen LogP) is 0.244. The van der Waals surface area contributed by atoms with E-state index < -0.39 is 5.97 Å². The molecule has 1 atom stereocenters. The van der Waals surface area contributed by atoms with Crippen molar-refractivity contribution in [2.75, 3.05) is 32.8 Å². The van der Waals surface area contributed by atoms with Crippen LogP contribution in [-0.4, -0.2) is 60.8 Å². The normalized spacial score (nSPS) is 21.2. The van der Waals surface area contributed by atoms with Crippen LogP contribution >= 0.6 is 0 Å². The van der Waals surface area contributed by atoms with Crippen molar-refractivity contribution in [2.45, 2.75) is 26.3 Å². The first-order valence-electron chi connectivity index (χ1n) is 6.54. The van der Waals surface area contributed by atoms with Crippen LogP contribution < -0.4 is 5.32 Å². The molecule has 0 aromatic rings. The van der Waals surface area contributed by atoms with Crippen molar-refractivity contribution in [1.29, 1.82) is 0 Å². The molecule has 1 rings (SSSR count). The van der Waals surface area contributed by atoms with Gasteiger partial charge in [0.25, 0.3) is 0 Å². The summed E-state index contributed by atoms with van der Waals surface area (Å²) in [6, 6.07) is -0.336. The van der Waals surface area contributed by atoms with Gasteiger partial charge < -0.3 is 15.2 Å². The number of nitrogens with one attached hydrogen (secondary N) is 1. The van der Waals surface area contributed by atoms with Gasteiger partial charge in [0, 0.05) is 25.7 Å². The second-order valence-corrected chi connectivity index (χ2v) is 4.68. The van der Waals surface area contributed by atoms with E-state index in [2.05, 4.69) is 5.32 Å². The molecule has 0 bridgehead atoms. The predicted molar refractivity (Wildman–Crippen MR) is 70.9 cm³/mol.